The normalized spacial score (nSPS) is 13.3. The summed E-state index contributed by atoms with van der Waals surface area (Å²) in [6.07, 6.45) is -1.29. The number of carbonyl (C=O) groups is 5. The van der Waals surface area contributed by atoms with E-state index in [2.05, 4.69) is 14.6 Å². The first kappa shape index (κ1) is 22.6. The molecule has 0 bridgehead atoms. The van der Waals surface area contributed by atoms with E-state index in [1.165, 1.54) is 18.9 Å². The Bertz CT molecular complexity index is 871. The van der Waals surface area contributed by atoms with E-state index in [-0.39, 0.29) is 56.9 Å². The number of ether oxygens (including phenoxy) is 1. The van der Waals surface area contributed by atoms with E-state index < -0.39 is 35.6 Å². The van der Waals surface area contributed by atoms with Gasteiger partial charge in [0.15, 0.2) is 18.1 Å². The van der Waals surface area contributed by atoms with Crippen LogP contribution in [0.25, 0.3) is 0 Å². The summed E-state index contributed by atoms with van der Waals surface area (Å²) in [4.78, 5) is 74.7. The lowest BCUT2D eigenvalue weighted by Crippen LogP contribution is -2.36. The molecule has 1 aliphatic heterocycles. The summed E-state index contributed by atoms with van der Waals surface area (Å²) in [7, 11) is 1.44. The van der Waals surface area contributed by atoms with Crippen LogP contribution >= 0.6 is 0 Å². The van der Waals surface area contributed by atoms with Gasteiger partial charge in [0, 0.05) is 39.4 Å². The summed E-state index contributed by atoms with van der Waals surface area (Å²) in [6.45, 7) is 1.41. The monoisotopic (exact) mass is 427 g/mol. The second-order valence-electron chi connectivity index (χ2n) is 6.30. The largest absolute Gasteiger partial charge is 0.519 e. The molecule has 4 amide bonds. The fourth-order valence-electron chi connectivity index (χ4n) is 2.31. The highest BCUT2D eigenvalue weighted by Gasteiger charge is 2.32. The minimum absolute atomic E-state index is 0.0152. The highest BCUT2D eigenvalue weighted by Crippen LogP contribution is 2.13. The fourth-order valence-corrected chi connectivity index (χ4v) is 2.31. The lowest BCUT2D eigenvalue weighted by Gasteiger charge is -2.17. The molecule has 2 heterocycles. The van der Waals surface area contributed by atoms with Gasteiger partial charge in [-0.3, -0.25) is 14.4 Å². The van der Waals surface area contributed by atoms with Crippen LogP contribution in [-0.2, 0) is 35.4 Å². The molecule has 1 fully saturated rings. The van der Waals surface area contributed by atoms with Crippen molar-refractivity contribution in [1.29, 1.82) is 0 Å². The third kappa shape index (κ3) is 6.46. The molecule has 1 saturated heterocycles. The summed E-state index contributed by atoms with van der Waals surface area (Å²) in [5, 5.41) is 2.92. The van der Waals surface area contributed by atoms with E-state index >= 15 is 0 Å². The van der Waals surface area contributed by atoms with E-state index in [1.54, 1.807) is 0 Å². The summed E-state index contributed by atoms with van der Waals surface area (Å²) in [5.74, 6) is -3.15. The molecular weight excluding hydrogens is 406 g/mol. The maximum atomic E-state index is 11.9. The summed E-state index contributed by atoms with van der Waals surface area (Å²) in [5.41, 5.74) is 0. The molecule has 0 aromatic carbocycles. The van der Waals surface area contributed by atoms with Gasteiger partial charge in [-0.1, -0.05) is 0 Å². The molecule has 1 aromatic heterocycles. The Kier molecular flexibility index (Phi) is 7.72. The predicted molar refractivity (Wildman–Crippen MR) is 94.2 cm³/mol. The van der Waals surface area contributed by atoms with Crippen LogP contribution in [0.4, 0.5) is 4.79 Å². The number of carbonyl (C=O) groups excluding carboxylic acids is 5. The first-order valence-electron chi connectivity index (χ1n) is 8.98. The molecule has 0 aliphatic carbocycles. The molecule has 0 saturated carbocycles. The first-order valence-corrected chi connectivity index (χ1v) is 8.98. The Morgan fingerprint density at radius 2 is 1.77 bits per heavy atom. The highest BCUT2D eigenvalue weighted by molar-refractivity contribution is 6.01. The van der Waals surface area contributed by atoms with Crippen molar-refractivity contribution in [2.75, 3.05) is 20.1 Å². The summed E-state index contributed by atoms with van der Waals surface area (Å²) in [6, 6.07) is 0. The van der Waals surface area contributed by atoms with Gasteiger partial charge in [-0.05, 0) is 6.92 Å². The number of nitrogens with one attached hydrogen (secondary N) is 1. The van der Waals surface area contributed by atoms with Gasteiger partial charge >= 0.3 is 17.9 Å². The van der Waals surface area contributed by atoms with Gasteiger partial charge in [-0.2, -0.15) is 0 Å². The van der Waals surface area contributed by atoms with Crippen molar-refractivity contribution in [1.82, 2.24) is 15.3 Å². The Balaban J connectivity index is 1.61. The number of aryl methyl sites for hydroxylation is 1. The summed E-state index contributed by atoms with van der Waals surface area (Å²) >= 11 is 0. The number of hydrogen-bond acceptors (Lipinski definition) is 10. The Hall–Kier alpha value is -3.64. The van der Waals surface area contributed by atoms with Gasteiger partial charge in [0.2, 0.25) is 5.91 Å². The minimum Gasteiger partial charge on any atom is -0.441 e. The van der Waals surface area contributed by atoms with Crippen molar-refractivity contribution in [3.05, 3.63) is 22.1 Å². The van der Waals surface area contributed by atoms with Gasteiger partial charge in [0.1, 0.15) is 0 Å². The van der Waals surface area contributed by atoms with E-state index in [1.807, 2.05) is 0 Å². The lowest BCUT2D eigenvalue weighted by atomic mass is 10.3. The lowest BCUT2D eigenvalue weighted by molar-refractivity contribution is -0.197. The molecule has 2 rings (SSSR count). The maximum absolute atomic E-state index is 11.9. The number of likely N-dealkylation sites (N-methyl/N-ethyl adjacent to an activating group) is 1. The van der Waals surface area contributed by atoms with Crippen LogP contribution in [0.5, 0.6) is 0 Å². The van der Waals surface area contributed by atoms with E-state index in [0.29, 0.717) is 5.06 Å². The van der Waals surface area contributed by atoms with Gasteiger partial charge < -0.3 is 28.6 Å². The van der Waals surface area contributed by atoms with E-state index in [0.717, 1.165) is 0 Å². The number of imide groups is 1. The molecule has 1 aromatic rings. The van der Waals surface area contributed by atoms with Gasteiger partial charge in [-0.25, -0.2) is 14.4 Å². The molecule has 0 unspecified atom stereocenters. The van der Waals surface area contributed by atoms with Gasteiger partial charge in [0.25, 0.3) is 11.8 Å². The average molecular weight is 427 g/mol. The predicted octanol–water partition coefficient (Wildman–Crippen LogP) is -0.387. The molecule has 13 nitrogen and oxygen atoms in total. The zero-order valence-corrected chi connectivity index (χ0v) is 16.4. The molecule has 0 atom stereocenters. The third-order valence-electron chi connectivity index (χ3n) is 4.00. The minimum atomic E-state index is -0.892. The van der Waals surface area contributed by atoms with Crippen LogP contribution in [0.3, 0.4) is 0 Å². The zero-order valence-electron chi connectivity index (χ0n) is 16.4. The Morgan fingerprint density at radius 1 is 1.10 bits per heavy atom. The summed E-state index contributed by atoms with van der Waals surface area (Å²) < 4.78 is 14.3. The molecular formula is C17H21N3O10. The SMILES string of the molecule is Cc1oc(=O)oc1COC(=O)N(C)CCNC(=O)CCC(=O)ON1C(=O)CCC1=O. The van der Waals surface area contributed by atoms with E-state index in [9.17, 15) is 28.8 Å². The smallest absolute Gasteiger partial charge is 0.441 e. The third-order valence-corrected chi connectivity index (χ3v) is 4.00. The van der Waals surface area contributed by atoms with Crippen LogP contribution in [0.1, 0.15) is 37.2 Å². The van der Waals surface area contributed by atoms with Crippen molar-refractivity contribution in [3.63, 3.8) is 0 Å². The fraction of sp³-hybridized carbons (Fsp3) is 0.529. The number of rotatable bonds is 9. The van der Waals surface area contributed by atoms with E-state index in [4.69, 9.17) is 9.15 Å². The number of hydrogen-bond donors (Lipinski definition) is 1. The van der Waals surface area contributed by atoms with Gasteiger partial charge in [0.05, 0.1) is 6.42 Å². The van der Waals surface area contributed by atoms with Crippen LogP contribution in [0.15, 0.2) is 13.6 Å². The molecule has 0 radical (unpaired) electrons. The topological polar surface area (TPSA) is 166 Å². The highest BCUT2D eigenvalue weighted by atomic mass is 16.7. The standard InChI is InChI=1S/C17H21N3O10/c1-10-11(29-17(26)28-10)9-27-16(25)19(2)8-7-18-12(21)3-6-15(24)30-20-13(22)4-5-14(20)23/h3-9H2,1-2H3,(H,18,21). The molecule has 0 spiro atoms. The maximum Gasteiger partial charge on any atom is 0.519 e. The number of hydroxylamine groups is 2. The Labute approximate surface area is 169 Å². The first-order chi connectivity index (χ1) is 14.2. The van der Waals surface area contributed by atoms with Crippen molar-refractivity contribution >= 4 is 29.8 Å². The van der Waals surface area contributed by atoms with Gasteiger partial charge in [-0.15, -0.1) is 5.06 Å². The zero-order chi connectivity index (χ0) is 22.3. The second kappa shape index (κ2) is 10.2. The number of amides is 4. The van der Waals surface area contributed by atoms with Crippen molar-refractivity contribution in [2.24, 2.45) is 0 Å². The van der Waals surface area contributed by atoms with Crippen LogP contribution in [0.2, 0.25) is 0 Å². The molecule has 1 aliphatic rings. The second-order valence-corrected chi connectivity index (χ2v) is 6.30. The number of nitrogens with zero attached hydrogens (tertiary/aromatic N) is 2. The molecule has 1 N–H and O–H groups in total. The van der Waals surface area contributed by atoms with Crippen LogP contribution in [-0.4, -0.2) is 59.9 Å². The van der Waals surface area contributed by atoms with Crippen molar-refractivity contribution in [3.8, 4) is 0 Å². The Morgan fingerprint density at radius 3 is 2.37 bits per heavy atom. The van der Waals surface area contributed by atoms with Crippen molar-refractivity contribution in [2.45, 2.75) is 39.2 Å². The molecule has 13 heteroatoms. The van der Waals surface area contributed by atoms with Crippen molar-refractivity contribution < 1.29 is 42.4 Å². The quantitative estimate of drug-likeness (QED) is 0.513. The molecule has 30 heavy (non-hydrogen) atoms. The average Bonchev–Trinajstić information content (AvgIpc) is 3.18. The van der Waals surface area contributed by atoms with Crippen LogP contribution < -0.4 is 11.1 Å². The molecule has 164 valence electrons. The van der Waals surface area contributed by atoms with Crippen LogP contribution in [0, 0.1) is 6.92 Å².